The Bertz CT molecular complexity index is 1380. The predicted molar refractivity (Wildman–Crippen MR) is 121 cm³/mol. The number of carbonyl (C=O) groups excluding carboxylic acids is 1. The van der Waals surface area contributed by atoms with Crippen LogP contribution in [-0.4, -0.2) is 24.2 Å². The first kappa shape index (κ1) is 20.5. The number of aromatic nitrogens is 2. The standard InChI is InChI=1S/C23H20N4O3S/c1-15-6-5-7-19(14-15)31(29,30)27-23-22(25-20-8-3-4-9-21(20)26-23)24-18-12-10-17(11-13-18)16(2)28/h3-14H,1-2H3,(H,24,25)(H,26,27). The number of hydrogen-bond donors (Lipinski definition) is 2. The average Bonchev–Trinajstić information content (AvgIpc) is 2.74. The summed E-state index contributed by atoms with van der Waals surface area (Å²) in [5.74, 6) is 0.296. The molecule has 0 atom stereocenters. The van der Waals surface area contributed by atoms with Gasteiger partial charge in [-0.2, -0.15) is 0 Å². The molecule has 156 valence electrons. The van der Waals surface area contributed by atoms with Crippen LogP contribution in [0.3, 0.4) is 0 Å². The van der Waals surface area contributed by atoms with Gasteiger partial charge in [0.1, 0.15) is 0 Å². The lowest BCUT2D eigenvalue weighted by molar-refractivity contribution is 0.101. The number of rotatable bonds is 6. The van der Waals surface area contributed by atoms with Crippen molar-refractivity contribution in [3.8, 4) is 0 Å². The van der Waals surface area contributed by atoms with Crippen molar-refractivity contribution in [2.24, 2.45) is 0 Å². The maximum Gasteiger partial charge on any atom is 0.263 e. The Morgan fingerprint density at radius 1 is 0.839 bits per heavy atom. The summed E-state index contributed by atoms with van der Waals surface area (Å²) in [6.45, 7) is 3.32. The molecule has 0 unspecified atom stereocenters. The van der Waals surface area contributed by atoms with Crippen molar-refractivity contribution in [2.45, 2.75) is 18.7 Å². The maximum absolute atomic E-state index is 13.0. The summed E-state index contributed by atoms with van der Waals surface area (Å²) in [5.41, 5.74) is 3.23. The molecular formula is C23H20N4O3S. The van der Waals surface area contributed by atoms with Crippen molar-refractivity contribution in [1.29, 1.82) is 0 Å². The minimum Gasteiger partial charge on any atom is -0.337 e. The van der Waals surface area contributed by atoms with Crippen LogP contribution in [0, 0.1) is 6.92 Å². The third-order valence-electron chi connectivity index (χ3n) is 4.66. The second kappa shape index (κ2) is 8.16. The summed E-state index contributed by atoms with van der Waals surface area (Å²) < 4.78 is 28.5. The zero-order chi connectivity index (χ0) is 22.0. The molecule has 4 rings (SSSR count). The highest BCUT2D eigenvalue weighted by atomic mass is 32.2. The van der Waals surface area contributed by atoms with Crippen molar-refractivity contribution in [3.63, 3.8) is 0 Å². The molecule has 0 aliphatic carbocycles. The molecule has 0 saturated heterocycles. The molecule has 1 heterocycles. The SMILES string of the molecule is CC(=O)c1ccc(Nc2nc3ccccc3nc2NS(=O)(=O)c2cccc(C)c2)cc1. The Morgan fingerprint density at radius 3 is 2.10 bits per heavy atom. The third-order valence-corrected chi connectivity index (χ3v) is 5.99. The molecule has 0 fully saturated rings. The van der Waals surface area contributed by atoms with Crippen molar-refractivity contribution >= 4 is 44.2 Å². The van der Waals surface area contributed by atoms with E-state index in [4.69, 9.17) is 0 Å². The molecule has 0 aliphatic heterocycles. The van der Waals surface area contributed by atoms with Crippen LogP contribution in [-0.2, 0) is 10.0 Å². The fourth-order valence-electron chi connectivity index (χ4n) is 3.05. The highest BCUT2D eigenvalue weighted by Crippen LogP contribution is 2.27. The average molecular weight is 433 g/mol. The Morgan fingerprint density at radius 2 is 1.48 bits per heavy atom. The van der Waals surface area contributed by atoms with Crippen LogP contribution in [0.2, 0.25) is 0 Å². The molecule has 8 heteroatoms. The fourth-order valence-corrected chi connectivity index (χ4v) is 4.17. The van der Waals surface area contributed by atoms with Crippen molar-refractivity contribution in [3.05, 3.63) is 83.9 Å². The number of para-hydroxylation sites is 2. The number of anilines is 3. The second-order valence-corrected chi connectivity index (χ2v) is 8.77. The van der Waals surface area contributed by atoms with Gasteiger partial charge >= 0.3 is 0 Å². The lowest BCUT2D eigenvalue weighted by Gasteiger charge is -2.14. The monoisotopic (exact) mass is 432 g/mol. The number of aryl methyl sites for hydroxylation is 1. The first-order valence-corrected chi connectivity index (χ1v) is 11.0. The van der Waals surface area contributed by atoms with Crippen LogP contribution in [0.25, 0.3) is 11.0 Å². The van der Waals surface area contributed by atoms with E-state index in [2.05, 4.69) is 20.0 Å². The van der Waals surface area contributed by atoms with Gasteiger partial charge in [-0.15, -0.1) is 0 Å². The number of nitrogens with zero attached hydrogens (tertiary/aromatic N) is 2. The maximum atomic E-state index is 13.0. The molecule has 2 N–H and O–H groups in total. The van der Waals surface area contributed by atoms with E-state index in [-0.39, 0.29) is 22.3 Å². The molecule has 0 radical (unpaired) electrons. The number of fused-ring (bicyclic) bond motifs is 1. The Hall–Kier alpha value is -3.78. The van der Waals surface area contributed by atoms with E-state index >= 15 is 0 Å². The van der Waals surface area contributed by atoms with Gasteiger partial charge in [0.2, 0.25) is 0 Å². The van der Waals surface area contributed by atoms with Gasteiger partial charge in [0.05, 0.1) is 15.9 Å². The molecule has 0 aliphatic rings. The molecule has 3 aromatic carbocycles. The number of carbonyl (C=O) groups is 1. The van der Waals surface area contributed by atoms with Gasteiger partial charge in [-0.05, 0) is 67.9 Å². The quantitative estimate of drug-likeness (QED) is 0.429. The molecule has 4 aromatic rings. The van der Waals surface area contributed by atoms with Gasteiger partial charge in [0.15, 0.2) is 17.4 Å². The van der Waals surface area contributed by atoms with Crippen LogP contribution >= 0.6 is 0 Å². The van der Waals surface area contributed by atoms with Crippen molar-refractivity contribution in [2.75, 3.05) is 10.0 Å². The lowest BCUT2D eigenvalue weighted by Crippen LogP contribution is -2.16. The fraction of sp³-hybridized carbons (Fsp3) is 0.0870. The molecule has 0 amide bonds. The first-order chi connectivity index (χ1) is 14.8. The Kier molecular flexibility index (Phi) is 5.39. The Labute approximate surface area is 180 Å². The van der Waals surface area contributed by atoms with Gasteiger partial charge in [-0.3, -0.25) is 9.52 Å². The summed E-state index contributed by atoms with van der Waals surface area (Å²) in [6, 6.07) is 20.7. The number of ketones is 1. The van der Waals surface area contributed by atoms with E-state index in [0.29, 0.717) is 22.3 Å². The second-order valence-electron chi connectivity index (χ2n) is 7.09. The molecule has 0 saturated carbocycles. The number of benzene rings is 3. The van der Waals surface area contributed by atoms with E-state index in [1.165, 1.54) is 13.0 Å². The van der Waals surface area contributed by atoms with Gasteiger partial charge in [-0.1, -0.05) is 24.3 Å². The first-order valence-electron chi connectivity index (χ1n) is 9.56. The van der Waals surface area contributed by atoms with E-state index in [1.54, 1.807) is 48.5 Å². The van der Waals surface area contributed by atoms with Crippen LogP contribution in [0.1, 0.15) is 22.8 Å². The van der Waals surface area contributed by atoms with Gasteiger partial charge < -0.3 is 5.32 Å². The van der Waals surface area contributed by atoms with E-state index < -0.39 is 10.0 Å². The zero-order valence-corrected chi connectivity index (χ0v) is 17.8. The molecule has 0 spiro atoms. The van der Waals surface area contributed by atoms with Crippen LogP contribution in [0.4, 0.5) is 17.3 Å². The highest BCUT2D eigenvalue weighted by Gasteiger charge is 2.19. The molecular weight excluding hydrogens is 412 g/mol. The summed E-state index contributed by atoms with van der Waals surface area (Å²) >= 11 is 0. The summed E-state index contributed by atoms with van der Waals surface area (Å²) in [6.07, 6.45) is 0. The number of Topliss-reactive ketones (excluding diaryl/α,β-unsaturated/α-hetero) is 1. The van der Waals surface area contributed by atoms with Crippen molar-refractivity contribution < 1.29 is 13.2 Å². The Balaban J connectivity index is 1.75. The topological polar surface area (TPSA) is 101 Å². The number of hydrogen-bond acceptors (Lipinski definition) is 6. The number of nitrogens with one attached hydrogen (secondary N) is 2. The zero-order valence-electron chi connectivity index (χ0n) is 17.0. The van der Waals surface area contributed by atoms with Gasteiger partial charge in [-0.25, -0.2) is 18.4 Å². The van der Waals surface area contributed by atoms with Gasteiger partial charge in [0, 0.05) is 11.3 Å². The van der Waals surface area contributed by atoms with Crippen LogP contribution < -0.4 is 10.0 Å². The summed E-state index contributed by atoms with van der Waals surface area (Å²) in [7, 11) is -3.87. The minimum atomic E-state index is -3.87. The molecule has 1 aromatic heterocycles. The van der Waals surface area contributed by atoms with Gasteiger partial charge in [0.25, 0.3) is 10.0 Å². The summed E-state index contributed by atoms with van der Waals surface area (Å²) in [5, 5.41) is 3.10. The molecule has 7 nitrogen and oxygen atoms in total. The normalized spacial score (nSPS) is 11.3. The highest BCUT2D eigenvalue weighted by molar-refractivity contribution is 7.92. The molecule has 0 bridgehead atoms. The van der Waals surface area contributed by atoms with Crippen molar-refractivity contribution in [1.82, 2.24) is 9.97 Å². The largest absolute Gasteiger partial charge is 0.337 e. The number of sulfonamides is 1. The summed E-state index contributed by atoms with van der Waals surface area (Å²) in [4.78, 5) is 20.7. The molecule has 31 heavy (non-hydrogen) atoms. The van der Waals surface area contributed by atoms with Crippen LogP contribution in [0.15, 0.2) is 77.7 Å². The van der Waals surface area contributed by atoms with E-state index in [1.807, 2.05) is 25.1 Å². The predicted octanol–water partition coefficient (Wildman–Crippen LogP) is 4.69. The minimum absolute atomic E-state index is 0.0383. The van der Waals surface area contributed by atoms with E-state index in [9.17, 15) is 13.2 Å². The van der Waals surface area contributed by atoms with E-state index in [0.717, 1.165) is 5.56 Å². The van der Waals surface area contributed by atoms with Crippen LogP contribution in [0.5, 0.6) is 0 Å². The lowest BCUT2D eigenvalue weighted by atomic mass is 10.1. The smallest absolute Gasteiger partial charge is 0.263 e. The third kappa shape index (κ3) is 4.54.